The highest BCUT2D eigenvalue weighted by atomic mass is 32.2. The van der Waals surface area contributed by atoms with Crippen molar-refractivity contribution < 1.29 is 4.79 Å². The topological polar surface area (TPSA) is 17.1 Å². The first-order chi connectivity index (χ1) is 6.33. The molecule has 0 N–H and O–H groups in total. The number of hydrogen-bond donors (Lipinski definition) is 0. The van der Waals surface area contributed by atoms with Crippen LogP contribution in [0.15, 0.2) is 16.8 Å². The summed E-state index contributed by atoms with van der Waals surface area (Å²) in [7, 11) is 0. The third-order valence-corrected chi connectivity index (χ3v) is 3.20. The molecular weight excluding hydrogens is 200 g/mol. The van der Waals surface area contributed by atoms with Crippen LogP contribution in [0.2, 0.25) is 0 Å². The van der Waals surface area contributed by atoms with Crippen LogP contribution in [0.1, 0.15) is 18.4 Å². The van der Waals surface area contributed by atoms with Gasteiger partial charge < -0.3 is 0 Å². The van der Waals surface area contributed by atoms with Crippen molar-refractivity contribution in [3.05, 3.63) is 22.4 Å². The monoisotopic (exact) mass is 214 g/mol. The van der Waals surface area contributed by atoms with E-state index in [1.807, 2.05) is 6.26 Å². The van der Waals surface area contributed by atoms with Crippen molar-refractivity contribution in [2.24, 2.45) is 0 Å². The molecule has 72 valence electrons. The van der Waals surface area contributed by atoms with Crippen molar-refractivity contribution in [1.82, 2.24) is 0 Å². The van der Waals surface area contributed by atoms with Crippen molar-refractivity contribution in [3.63, 3.8) is 0 Å². The molecule has 0 aliphatic carbocycles. The molecule has 0 spiro atoms. The number of aryl methyl sites for hydroxylation is 1. The van der Waals surface area contributed by atoms with Crippen molar-refractivity contribution in [2.75, 3.05) is 12.0 Å². The fraction of sp³-hybridized carbons (Fsp3) is 0.500. The van der Waals surface area contributed by atoms with Gasteiger partial charge in [0.25, 0.3) is 0 Å². The van der Waals surface area contributed by atoms with Crippen LogP contribution in [0.3, 0.4) is 0 Å². The summed E-state index contributed by atoms with van der Waals surface area (Å²) in [5, 5.41) is 4.17. The van der Waals surface area contributed by atoms with Crippen LogP contribution in [-0.4, -0.2) is 17.8 Å². The first kappa shape index (κ1) is 10.8. The number of thiophene rings is 1. The number of hydrogen-bond acceptors (Lipinski definition) is 3. The molecule has 13 heavy (non-hydrogen) atoms. The molecule has 3 heteroatoms. The SMILES string of the molecule is CSCCC(=O)CCc1ccsc1. The summed E-state index contributed by atoms with van der Waals surface area (Å²) >= 11 is 3.43. The van der Waals surface area contributed by atoms with Crippen molar-refractivity contribution >= 4 is 28.9 Å². The molecule has 1 aromatic rings. The van der Waals surface area contributed by atoms with Gasteiger partial charge in [0.1, 0.15) is 5.78 Å². The normalized spacial score (nSPS) is 10.2. The third kappa shape index (κ3) is 4.48. The minimum Gasteiger partial charge on any atom is -0.300 e. The lowest BCUT2D eigenvalue weighted by molar-refractivity contribution is -0.118. The third-order valence-electron chi connectivity index (χ3n) is 1.86. The fourth-order valence-corrected chi connectivity index (χ4v) is 2.19. The maximum Gasteiger partial charge on any atom is 0.134 e. The van der Waals surface area contributed by atoms with Crippen LogP contribution in [0.5, 0.6) is 0 Å². The maximum absolute atomic E-state index is 11.3. The molecule has 1 aromatic heterocycles. The van der Waals surface area contributed by atoms with E-state index in [2.05, 4.69) is 16.8 Å². The van der Waals surface area contributed by atoms with Crippen LogP contribution < -0.4 is 0 Å². The largest absolute Gasteiger partial charge is 0.300 e. The quantitative estimate of drug-likeness (QED) is 0.724. The Hall–Kier alpha value is -0.280. The molecule has 0 aliphatic rings. The molecule has 0 fully saturated rings. The number of Topliss-reactive ketones (excluding diaryl/α,β-unsaturated/α-hetero) is 1. The standard InChI is InChI=1S/C10H14OS2/c1-12-6-5-10(11)3-2-9-4-7-13-8-9/h4,7-8H,2-3,5-6H2,1H3. The lowest BCUT2D eigenvalue weighted by atomic mass is 10.1. The van der Waals surface area contributed by atoms with Crippen molar-refractivity contribution in [3.8, 4) is 0 Å². The minimum absolute atomic E-state index is 0.389. The molecule has 1 rings (SSSR count). The van der Waals surface area contributed by atoms with E-state index in [1.54, 1.807) is 23.1 Å². The summed E-state index contributed by atoms with van der Waals surface area (Å²) < 4.78 is 0. The zero-order valence-corrected chi connectivity index (χ0v) is 9.42. The van der Waals surface area contributed by atoms with Crippen LogP contribution >= 0.6 is 23.1 Å². The molecule has 0 atom stereocenters. The molecule has 0 saturated heterocycles. The van der Waals surface area contributed by atoms with Crippen LogP contribution in [0.4, 0.5) is 0 Å². The maximum atomic E-state index is 11.3. The smallest absolute Gasteiger partial charge is 0.134 e. The predicted molar refractivity (Wildman–Crippen MR) is 60.6 cm³/mol. The fourth-order valence-electron chi connectivity index (χ4n) is 1.06. The summed E-state index contributed by atoms with van der Waals surface area (Å²) in [6, 6.07) is 2.09. The molecular formula is C10H14OS2. The Morgan fingerprint density at radius 3 is 3.00 bits per heavy atom. The van der Waals surface area contributed by atoms with Gasteiger partial charge in [-0.15, -0.1) is 0 Å². The van der Waals surface area contributed by atoms with E-state index in [1.165, 1.54) is 5.56 Å². The molecule has 1 heterocycles. The lowest BCUT2D eigenvalue weighted by Gasteiger charge is -1.97. The van der Waals surface area contributed by atoms with Crippen LogP contribution in [-0.2, 0) is 11.2 Å². The average molecular weight is 214 g/mol. The van der Waals surface area contributed by atoms with E-state index in [0.29, 0.717) is 12.2 Å². The van der Waals surface area contributed by atoms with Gasteiger partial charge in [-0.25, -0.2) is 0 Å². The van der Waals surface area contributed by atoms with Crippen LogP contribution in [0.25, 0.3) is 0 Å². The highest BCUT2D eigenvalue weighted by Crippen LogP contribution is 2.09. The predicted octanol–water partition coefficient (Wildman–Crippen LogP) is 3.00. The van der Waals surface area contributed by atoms with E-state index in [0.717, 1.165) is 18.6 Å². The van der Waals surface area contributed by atoms with Gasteiger partial charge in [0.05, 0.1) is 0 Å². The van der Waals surface area contributed by atoms with Gasteiger partial charge in [0.15, 0.2) is 0 Å². The zero-order chi connectivity index (χ0) is 9.52. The Labute approximate surface area is 87.5 Å². The molecule has 0 bridgehead atoms. The Morgan fingerprint density at radius 2 is 2.38 bits per heavy atom. The lowest BCUT2D eigenvalue weighted by Crippen LogP contribution is -2.00. The summed E-state index contributed by atoms with van der Waals surface area (Å²) in [4.78, 5) is 11.3. The highest BCUT2D eigenvalue weighted by molar-refractivity contribution is 7.98. The van der Waals surface area contributed by atoms with Gasteiger partial charge in [0.2, 0.25) is 0 Å². The summed E-state index contributed by atoms with van der Waals surface area (Å²) in [5.74, 6) is 1.35. The Balaban J connectivity index is 2.15. The molecule has 0 aliphatic heterocycles. The molecule has 1 nitrogen and oxygen atoms in total. The van der Waals surface area contributed by atoms with Crippen LogP contribution in [0, 0.1) is 0 Å². The Kier molecular flexibility index (Phi) is 5.16. The number of thioether (sulfide) groups is 1. The second kappa shape index (κ2) is 6.22. The van der Waals surface area contributed by atoms with E-state index in [4.69, 9.17) is 0 Å². The van der Waals surface area contributed by atoms with Gasteiger partial charge in [-0.05, 0) is 40.8 Å². The van der Waals surface area contributed by atoms with E-state index < -0.39 is 0 Å². The molecule has 0 unspecified atom stereocenters. The van der Waals surface area contributed by atoms with Gasteiger partial charge in [-0.1, -0.05) is 0 Å². The Morgan fingerprint density at radius 1 is 1.54 bits per heavy atom. The molecule has 0 radical (unpaired) electrons. The van der Waals surface area contributed by atoms with E-state index in [-0.39, 0.29) is 0 Å². The Bertz CT molecular complexity index is 241. The highest BCUT2D eigenvalue weighted by Gasteiger charge is 2.01. The number of carbonyl (C=O) groups excluding carboxylic acids is 1. The van der Waals surface area contributed by atoms with Gasteiger partial charge in [-0.2, -0.15) is 23.1 Å². The van der Waals surface area contributed by atoms with Gasteiger partial charge >= 0.3 is 0 Å². The second-order valence-electron chi connectivity index (χ2n) is 2.91. The van der Waals surface area contributed by atoms with Crippen molar-refractivity contribution in [2.45, 2.75) is 19.3 Å². The number of ketones is 1. The second-order valence-corrected chi connectivity index (χ2v) is 4.68. The summed E-state index contributed by atoms with van der Waals surface area (Å²) in [5.41, 5.74) is 1.29. The molecule has 0 saturated carbocycles. The number of rotatable bonds is 6. The van der Waals surface area contributed by atoms with E-state index >= 15 is 0 Å². The minimum atomic E-state index is 0.389. The van der Waals surface area contributed by atoms with Gasteiger partial charge in [0, 0.05) is 12.8 Å². The first-order valence-electron chi connectivity index (χ1n) is 4.34. The molecule has 0 aromatic carbocycles. The van der Waals surface area contributed by atoms with Gasteiger partial charge in [-0.3, -0.25) is 4.79 Å². The molecule has 0 amide bonds. The number of carbonyl (C=O) groups is 1. The first-order valence-corrected chi connectivity index (χ1v) is 6.68. The zero-order valence-electron chi connectivity index (χ0n) is 7.79. The summed E-state index contributed by atoms with van der Waals surface area (Å²) in [6.45, 7) is 0. The van der Waals surface area contributed by atoms with E-state index in [9.17, 15) is 4.79 Å². The van der Waals surface area contributed by atoms with Crippen molar-refractivity contribution in [1.29, 1.82) is 0 Å². The summed E-state index contributed by atoms with van der Waals surface area (Å²) in [6.07, 6.45) is 4.38. The average Bonchev–Trinajstić information content (AvgIpc) is 2.64.